The van der Waals surface area contributed by atoms with E-state index < -0.39 is 11.7 Å². The van der Waals surface area contributed by atoms with Gasteiger partial charge in [0, 0.05) is 12.6 Å². The van der Waals surface area contributed by atoms with Gasteiger partial charge < -0.3 is 5.32 Å². The molecule has 0 atom stereocenters. The Balaban J connectivity index is 1.88. The third-order valence-corrected chi connectivity index (χ3v) is 3.58. The molecule has 0 unspecified atom stereocenters. The maximum atomic E-state index is 12.6. The van der Waals surface area contributed by atoms with Gasteiger partial charge in [-0.2, -0.15) is 13.2 Å². The SMILES string of the molecule is FC(F)(F)c1ccc(-n2nncc2CNC2CC2)c(Cl)c1. The van der Waals surface area contributed by atoms with Crippen LogP contribution in [-0.4, -0.2) is 21.0 Å². The van der Waals surface area contributed by atoms with Gasteiger partial charge in [0.2, 0.25) is 0 Å². The fourth-order valence-corrected chi connectivity index (χ4v) is 2.23. The Kier molecular flexibility index (Phi) is 3.62. The summed E-state index contributed by atoms with van der Waals surface area (Å²) >= 11 is 5.96. The quantitative estimate of drug-likeness (QED) is 0.942. The Morgan fingerprint density at radius 2 is 2.10 bits per heavy atom. The zero-order valence-corrected chi connectivity index (χ0v) is 11.6. The zero-order valence-electron chi connectivity index (χ0n) is 10.9. The number of benzene rings is 1. The number of aromatic nitrogens is 3. The molecule has 0 saturated heterocycles. The average Bonchev–Trinajstić information content (AvgIpc) is 3.13. The van der Waals surface area contributed by atoms with Crippen LogP contribution < -0.4 is 5.32 Å². The smallest absolute Gasteiger partial charge is 0.308 e. The lowest BCUT2D eigenvalue weighted by molar-refractivity contribution is -0.137. The molecule has 1 heterocycles. The first-order valence-electron chi connectivity index (χ1n) is 6.45. The largest absolute Gasteiger partial charge is 0.416 e. The highest BCUT2D eigenvalue weighted by Gasteiger charge is 2.31. The van der Waals surface area contributed by atoms with Crippen molar-refractivity contribution in [3.05, 3.63) is 40.7 Å². The Labute approximate surface area is 123 Å². The maximum Gasteiger partial charge on any atom is 0.416 e. The van der Waals surface area contributed by atoms with E-state index in [9.17, 15) is 13.2 Å². The first kappa shape index (κ1) is 14.3. The van der Waals surface area contributed by atoms with Gasteiger partial charge in [-0.25, -0.2) is 4.68 Å². The van der Waals surface area contributed by atoms with Gasteiger partial charge in [-0.3, -0.25) is 0 Å². The Hall–Kier alpha value is -1.60. The number of hydrogen-bond acceptors (Lipinski definition) is 3. The van der Waals surface area contributed by atoms with Crippen LogP contribution in [0, 0.1) is 0 Å². The summed E-state index contributed by atoms with van der Waals surface area (Å²) in [5.74, 6) is 0. The summed E-state index contributed by atoms with van der Waals surface area (Å²) in [4.78, 5) is 0. The summed E-state index contributed by atoms with van der Waals surface area (Å²) < 4.78 is 39.4. The minimum atomic E-state index is -4.42. The predicted octanol–water partition coefficient (Wildman–Crippen LogP) is 3.19. The molecule has 4 nitrogen and oxygen atoms in total. The van der Waals surface area contributed by atoms with Crippen LogP contribution in [0.1, 0.15) is 24.1 Å². The van der Waals surface area contributed by atoms with Gasteiger partial charge in [0.05, 0.1) is 28.2 Å². The van der Waals surface area contributed by atoms with Crippen LogP contribution in [0.15, 0.2) is 24.4 Å². The highest BCUT2D eigenvalue weighted by Crippen LogP contribution is 2.33. The summed E-state index contributed by atoms with van der Waals surface area (Å²) in [6, 6.07) is 3.70. The second-order valence-corrected chi connectivity index (χ2v) is 5.36. The van der Waals surface area contributed by atoms with Crippen LogP contribution >= 0.6 is 11.6 Å². The van der Waals surface area contributed by atoms with E-state index in [1.54, 1.807) is 6.20 Å². The van der Waals surface area contributed by atoms with Gasteiger partial charge in [0.25, 0.3) is 0 Å². The van der Waals surface area contributed by atoms with E-state index in [0.29, 0.717) is 18.3 Å². The molecule has 0 radical (unpaired) electrons. The van der Waals surface area contributed by atoms with E-state index in [-0.39, 0.29) is 5.02 Å². The van der Waals surface area contributed by atoms with Gasteiger partial charge in [0.1, 0.15) is 0 Å². The fourth-order valence-electron chi connectivity index (χ4n) is 1.97. The lowest BCUT2D eigenvalue weighted by Crippen LogP contribution is -2.18. The van der Waals surface area contributed by atoms with Crippen molar-refractivity contribution >= 4 is 11.6 Å². The molecule has 1 saturated carbocycles. The molecule has 1 aromatic heterocycles. The predicted molar refractivity (Wildman–Crippen MR) is 71.2 cm³/mol. The molecule has 1 fully saturated rings. The minimum Gasteiger partial charge on any atom is -0.308 e. The number of alkyl halides is 3. The maximum absolute atomic E-state index is 12.6. The average molecular weight is 317 g/mol. The van der Waals surface area contributed by atoms with Gasteiger partial charge in [0.15, 0.2) is 0 Å². The zero-order chi connectivity index (χ0) is 15.0. The Morgan fingerprint density at radius 1 is 1.33 bits per heavy atom. The van der Waals surface area contributed by atoms with Crippen molar-refractivity contribution in [2.75, 3.05) is 0 Å². The summed E-state index contributed by atoms with van der Waals surface area (Å²) in [6.45, 7) is 0.551. The molecule has 2 aromatic rings. The molecule has 1 aliphatic rings. The minimum absolute atomic E-state index is 0.0111. The number of rotatable bonds is 4. The molecule has 1 N–H and O–H groups in total. The van der Waals surface area contributed by atoms with Gasteiger partial charge in [-0.15, -0.1) is 5.10 Å². The van der Waals surface area contributed by atoms with Crippen molar-refractivity contribution in [1.82, 2.24) is 20.3 Å². The Morgan fingerprint density at radius 3 is 2.71 bits per heavy atom. The first-order chi connectivity index (χ1) is 9.95. The number of nitrogens with one attached hydrogen (secondary N) is 1. The monoisotopic (exact) mass is 316 g/mol. The van der Waals surface area contributed by atoms with E-state index in [2.05, 4.69) is 15.6 Å². The molecule has 0 spiro atoms. The van der Waals surface area contributed by atoms with Crippen molar-refractivity contribution < 1.29 is 13.2 Å². The highest BCUT2D eigenvalue weighted by atomic mass is 35.5. The molecule has 0 aliphatic heterocycles. The second-order valence-electron chi connectivity index (χ2n) is 4.96. The van der Waals surface area contributed by atoms with Crippen molar-refractivity contribution in [1.29, 1.82) is 0 Å². The number of hydrogen-bond donors (Lipinski definition) is 1. The normalized spacial score (nSPS) is 15.4. The van der Waals surface area contributed by atoms with E-state index in [4.69, 9.17) is 11.6 Å². The first-order valence-corrected chi connectivity index (χ1v) is 6.83. The van der Waals surface area contributed by atoms with Crippen LogP contribution in [0.25, 0.3) is 5.69 Å². The molecular weight excluding hydrogens is 305 g/mol. The summed E-state index contributed by atoms with van der Waals surface area (Å²) in [5.41, 5.74) is 0.354. The standard InChI is InChI=1S/C13H12ClF3N4/c14-11-5-8(13(15,16)17)1-4-12(11)21-10(7-19-20-21)6-18-9-2-3-9/h1,4-5,7,9,18H,2-3,6H2. The van der Waals surface area contributed by atoms with E-state index in [1.807, 2.05) is 0 Å². The van der Waals surface area contributed by atoms with Crippen LogP contribution in [0.3, 0.4) is 0 Å². The third kappa shape index (κ3) is 3.19. The molecule has 1 aromatic carbocycles. The van der Waals surface area contributed by atoms with Gasteiger partial charge in [-0.05, 0) is 31.0 Å². The van der Waals surface area contributed by atoms with Crippen LogP contribution in [0.2, 0.25) is 5.02 Å². The topological polar surface area (TPSA) is 42.7 Å². The van der Waals surface area contributed by atoms with Crippen molar-refractivity contribution in [3.8, 4) is 5.69 Å². The fraction of sp³-hybridized carbons (Fsp3) is 0.385. The summed E-state index contributed by atoms with van der Waals surface area (Å²) in [5, 5.41) is 11.0. The molecule has 1 aliphatic carbocycles. The highest BCUT2D eigenvalue weighted by molar-refractivity contribution is 6.32. The van der Waals surface area contributed by atoms with Crippen molar-refractivity contribution in [2.24, 2.45) is 0 Å². The lowest BCUT2D eigenvalue weighted by atomic mass is 10.2. The van der Waals surface area contributed by atoms with Crippen LogP contribution in [-0.2, 0) is 12.7 Å². The van der Waals surface area contributed by atoms with E-state index >= 15 is 0 Å². The van der Waals surface area contributed by atoms with Gasteiger partial charge in [-0.1, -0.05) is 16.8 Å². The Bertz CT molecular complexity index is 649. The van der Waals surface area contributed by atoms with Gasteiger partial charge >= 0.3 is 6.18 Å². The van der Waals surface area contributed by atoms with Crippen LogP contribution in [0.4, 0.5) is 13.2 Å². The molecule has 112 valence electrons. The van der Waals surface area contributed by atoms with E-state index in [0.717, 1.165) is 30.7 Å². The second kappa shape index (κ2) is 5.31. The van der Waals surface area contributed by atoms with E-state index in [1.165, 1.54) is 10.7 Å². The van der Waals surface area contributed by atoms with Crippen LogP contribution in [0.5, 0.6) is 0 Å². The number of nitrogens with zero attached hydrogens (tertiary/aromatic N) is 3. The molecule has 0 bridgehead atoms. The third-order valence-electron chi connectivity index (χ3n) is 3.27. The molecular formula is C13H12ClF3N4. The molecule has 3 rings (SSSR count). The molecule has 0 amide bonds. The van der Waals surface area contributed by atoms with Crippen molar-refractivity contribution in [3.63, 3.8) is 0 Å². The molecule has 8 heteroatoms. The molecule has 21 heavy (non-hydrogen) atoms. The van der Waals surface area contributed by atoms with Crippen molar-refractivity contribution in [2.45, 2.75) is 31.6 Å². The summed E-state index contributed by atoms with van der Waals surface area (Å²) in [6.07, 6.45) is -0.560. The summed E-state index contributed by atoms with van der Waals surface area (Å²) in [7, 11) is 0. The lowest BCUT2D eigenvalue weighted by Gasteiger charge is -2.11. The number of halogens is 4.